The first-order valence-corrected chi connectivity index (χ1v) is 7.32. The summed E-state index contributed by atoms with van der Waals surface area (Å²) in [7, 11) is 3.04. The van der Waals surface area contributed by atoms with Crippen molar-refractivity contribution in [1.82, 2.24) is 4.90 Å². The van der Waals surface area contributed by atoms with Crippen molar-refractivity contribution in [3.63, 3.8) is 0 Å². The number of methoxy groups -OCH3 is 2. The topological polar surface area (TPSA) is 59.0 Å². The molecule has 0 aliphatic carbocycles. The lowest BCUT2D eigenvalue weighted by atomic mass is 10.0. The molecule has 0 aromatic heterocycles. The van der Waals surface area contributed by atoms with Crippen molar-refractivity contribution in [1.29, 1.82) is 0 Å². The molecule has 1 aromatic rings. The fraction of sp³-hybridized carbons (Fsp3) is 0.562. The number of benzene rings is 1. The first kappa shape index (κ1) is 15.6. The summed E-state index contributed by atoms with van der Waals surface area (Å²) in [6, 6.07) is 3.01. The quantitative estimate of drug-likeness (QED) is 0.833. The van der Waals surface area contributed by atoms with Gasteiger partial charge >= 0.3 is 0 Å². The summed E-state index contributed by atoms with van der Waals surface area (Å²) in [6.07, 6.45) is 3.26. The number of carbonyl (C=O) groups is 1. The lowest BCUT2D eigenvalue weighted by molar-refractivity contribution is -0.118. The number of hydrogen-bond donors (Lipinski definition) is 1. The van der Waals surface area contributed by atoms with Crippen LogP contribution >= 0.6 is 0 Å². The van der Waals surface area contributed by atoms with Crippen LogP contribution in [0.1, 0.15) is 24.8 Å². The molecule has 1 saturated heterocycles. The summed E-state index contributed by atoms with van der Waals surface area (Å²) < 4.78 is 10.5. The minimum Gasteiger partial charge on any atom is -0.508 e. The lowest BCUT2D eigenvalue weighted by Gasteiger charge is -2.15. The number of likely N-dealkylation sites (tertiary alicyclic amines) is 1. The van der Waals surface area contributed by atoms with Gasteiger partial charge in [-0.2, -0.15) is 0 Å². The van der Waals surface area contributed by atoms with Crippen molar-refractivity contribution in [3.05, 3.63) is 17.7 Å². The molecule has 1 aliphatic heterocycles. The van der Waals surface area contributed by atoms with Gasteiger partial charge in [-0.25, -0.2) is 0 Å². The predicted octanol–water partition coefficient (Wildman–Crippen LogP) is 2.01. The van der Waals surface area contributed by atoms with Gasteiger partial charge in [-0.05, 0) is 25.9 Å². The summed E-state index contributed by atoms with van der Waals surface area (Å²) >= 11 is 0. The van der Waals surface area contributed by atoms with Crippen LogP contribution in [0.2, 0.25) is 0 Å². The van der Waals surface area contributed by atoms with E-state index in [-0.39, 0.29) is 18.0 Å². The normalized spacial score (nSPS) is 15.1. The molecule has 0 saturated carbocycles. The maximum atomic E-state index is 12.2. The molecule has 1 heterocycles. The van der Waals surface area contributed by atoms with Crippen LogP contribution in [-0.4, -0.2) is 49.6 Å². The highest BCUT2D eigenvalue weighted by atomic mass is 16.5. The maximum Gasteiger partial charge on any atom is 0.138 e. The van der Waals surface area contributed by atoms with Gasteiger partial charge in [0, 0.05) is 37.1 Å². The second-order valence-electron chi connectivity index (χ2n) is 5.34. The van der Waals surface area contributed by atoms with Crippen LogP contribution in [0.5, 0.6) is 17.2 Å². The van der Waals surface area contributed by atoms with E-state index in [1.54, 1.807) is 0 Å². The van der Waals surface area contributed by atoms with Crippen LogP contribution in [-0.2, 0) is 11.2 Å². The van der Waals surface area contributed by atoms with E-state index in [2.05, 4.69) is 4.90 Å². The number of nitrogens with zero attached hydrogens (tertiary/aromatic N) is 1. The zero-order chi connectivity index (χ0) is 15.2. The number of ether oxygens (including phenoxy) is 2. The van der Waals surface area contributed by atoms with Gasteiger partial charge in [0.05, 0.1) is 14.2 Å². The maximum absolute atomic E-state index is 12.2. The van der Waals surface area contributed by atoms with E-state index in [9.17, 15) is 9.90 Å². The smallest absolute Gasteiger partial charge is 0.138 e. The number of phenols is 1. The van der Waals surface area contributed by atoms with Gasteiger partial charge < -0.3 is 19.5 Å². The van der Waals surface area contributed by atoms with E-state index in [0.29, 0.717) is 23.5 Å². The third kappa shape index (κ3) is 4.11. The van der Waals surface area contributed by atoms with Crippen LogP contribution in [0.15, 0.2) is 12.1 Å². The summed E-state index contributed by atoms with van der Waals surface area (Å²) in [5, 5.41) is 9.61. The number of aromatic hydroxyl groups is 1. The number of hydrogen-bond acceptors (Lipinski definition) is 5. The van der Waals surface area contributed by atoms with E-state index in [1.165, 1.54) is 39.2 Å². The predicted molar refractivity (Wildman–Crippen MR) is 80.2 cm³/mol. The minimum atomic E-state index is 0.0666. The minimum absolute atomic E-state index is 0.0666. The Morgan fingerprint density at radius 3 is 2.29 bits per heavy atom. The van der Waals surface area contributed by atoms with Gasteiger partial charge in [0.25, 0.3) is 0 Å². The average Bonchev–Trinajstić information content (AvgIpc) is 2.99. The monoisotopic (exact) mass is 293 g/mol. The molecule has 0 amide bonds. The molecule has 2 rings (SSSR count). The molecule has 0 radical (unpaired) electrons. The third-order valence-corrected chi connectivity index (χ3v) is 3.87. The van der Waals surface area contributed by atoms with Gasteiger partial charge in [-0.15, -0.1) is 0 Å². The molecular formula is C16H23NO4. The lowest BCUT2D eigenvalue weighted by Crippen LogP contribution is -2.23. The Bertz CT molecular complexity index is 470. The van der Waals surface area contributed by atoms with Crippen molar-refractivity contribution in [2.75, 3.05) is 33.9 Å². The van der Waals surface area contributed by atoms with E-state index >= 15 is 0 Å². The highest BCUT2D eigenvalue weighted by Crippen LogP contribution is 2.34. The molecule has 1 N–H and O–H groups in total. The highest BCUT2D eigenvalue weighted by molar-refractivity contribution is 5.82. The SMILES string of the molecule is COc1cc(O)cc(OC)c1CC(=O)CCN1CCCC1. The number of rotatable bonds is 7. The Kier molecular flexibility index (Phi) is 5.44. The molecule has 0 unspecified atom stereocenters. The Hall–Kier alpha value is -1.75. The van der Waals surface area contributed by atoms with Gasteiger partial charge in [0.2, 0.25) is 0 Å². The molecule has 21 heavy (non-hydrogen) atoms. The molecule has 1 fully saturated rings. The Morgan fingerprint density at radius 2 is 1.76 bits per heavy atom. The molecule has 116 valence electrons. The number of Topliss-reactive ketones (excluding diaryl/α,β-unsaturated/α-hetero) is 1. The van der Waals surface area contributed by atoms with Crippen LogP contribution in [0, 0.1) is 0 Å². The van der Waals surface area contributed by atoms with Crippen molar-refractivity contribution < 1.29 is 19.4 Å². The number of phenolic OH excluding ortho intramolecular Hbond substituents is 1. The van der Waals surface area contributed by atoms with Gasteiger partial charge in [0.1, 0.15) is 23.0 Å². The zero-order valence-electron chi connectivity index (χ0n) is 12.7. The Labute approximate surface area is 125 Å². The highest BCUT2D eigenvalue weighted by Gasteiger charge is 2.18. The second kappa shape index (κ2) is 7.31. The van der Waals surface area contributed by atoms with E-state index in [0.717, 1.165) is 19.6 Å². The summed E-state index contributed by atoms with van der Waals surface area (Å²) in [5.74, 6) is 1.20. The molecule has 0 bridgehead atoms. The van der Waals surface area contributed by atoms with Crippen LogP contribution in [0.3, 0.4) is 0 Å². The fourth-order valence-electron chi connectivity index (χ4n) is 2.72. The van der Waals surface area contributed by atoms with Crippen LogP contribution in [0.4, 0.5) is 0 Å². The molecule has 0 spiro atoms. The number of carbonyl (C=O) groups excluding carboxylic acids is 1. The number of ketones is 1. The van der Waals surface area contributed by atoms with Crippen molar-refractivity contribution >= 4 is 5.78 Å². The Balaban J connectivity index is 2.01. The summed E-state index contributed by atoms with van der Waals surface area (Å²) in [5.41, 5.74) is 0.698. The van der Waals surface area contributed by atoms with Crippen LogP contribution < -0.4 is 9.47 Å². The standard InChI is InChI=1S/C16H23NO4/c1-20-15-10-13(19)11-16(21-2)14(15)9-12(18)5-8-17-6-3-4-7-17/h10-11,19H,3-9H2,1-2H3. The molecular weight excluding hydrogens is 270 g/mol. The van der Waals surface area contributed by atoms with Crippen LogP contribution in [0.25, 0.3) is 0 Å². The molecule has 5 heteroatoms. The second-order valence-corrected chi connectivity index (χ2v) is 5.34. The average molecular weight is 293 g/mol. The van der Waals surface area contributed by atoms with E-state index < -0.39 is 0 Å². The molecule has 5 nitrogen and oxygen atoms in total. The van der Waals surface area contributed by atoms with Crippen molar-refractivity contribution in [2.45, 2.75) is 25.7 Å². The fourth-order valence-corrected chi connectivity index (χ4v) is 2.72. The van der Waals surface area contributed by atoms with E-state index in [1.807, 2.05) is 0 Å². The first-order valence-electron chi connectivity index (χ1n) is 7.32. The molecule has 1 aliphatic rings. The van der Waals surface area contributed by atoms with Gasteiger partial charge in [0.15, 0.2) is 0 Å². The van der Waals surface area contributed by atoms with Gasteiger partial charge in [-0.3, -0.25) is 4.79 Å². The Morgan fingerprint density at radius 1 is 1.19 bits per heavy atom. The largest absolute Gasteiger partial charge is 0.508 e. The first-order chi connectivity index (χ1) is 10.1. The third-order valence-electron chi connectivity index (χ3n) is 3.87. The van der Waals surface area contributed by atoms with Crippen molar-refractivity contribution in [3.8, 4) is 17.2 Å². The summed E-state index contributed by atoms with van der Waals surface area (Å²) in [6.45, 7) is 3.01. The van der Waals surface area contributed by atoms with Crippen molar-refractivity contribution in [2.24, 2.45) is 0 Å². The summed E-state index contributed by atoms with van der Waals surface area (Å²) in [4.78, 5) is 14.5. The zero-order valence-corrected chi connectivity index (χ0v) is 12.7. The molecule has 0 atom stereocenters. The molecule has 1 aromatic carbocycles. The van der Waals surface area contributed by atoms with Gasteiger partial charge in [-0.1, -0.05) is 0 Å². The van der Waals surface area contributed by atoms with E-state index in [4.69, 9.17) is 9.47 Å².